The highest BCUT2D eigenvalue weighted by atomic mass is 16.6. The lowest BCUT2D eigenvalue weighted by Crippen LogP contribution is -2.25. The molecule has 1 amide bonds. The van der Waals surface area contributed by atoms with Crippen molar-refractivity contribution in [2.24, 2.45) is 5.10 Å². The number of carbonyl (C=O) groups is 1. The van der Waals surface area contributed by atoms with Crippen LogP contribution in [0.1, 0.15) is 30.9 Å². The molecule has 0 aliphatic heterocycles. The van der Waals surface area contributed by atoms with Crippen LogP contribution in [-0.4, -0.2) is 37.2 Å². The Hall–Kier alpha value is -3.42. The average Bonchev–Trinajstić information content (AvgIpc) is 2.71. The van der Waals surface area contributed by atoms with Crippen molar-refractivity contribution >= 4 is 23.5 Å². The minimum absolute atomic E-state index is 0.0340. The molecule has 8 nitrogen and oxygen atoms in total. The van der Waals surface area contributed by atoms with Crippen LogP contribution in [0.4, 0.5) is 11.4 Å². The molecule has 0 radical (unpaired) electrons. The Morgan fingerprint density at radius 1 is 1.31 bits per heavy atom. The molecule has 154 valence electrons. The summed E-state index contributed by atoms with van der Waals surface area (Å²) < 4.78 is 5.47. The summed E-state index contributed by atoms with van der Waals surface area (Å²) in [5.74, 6) is 0.209. The van der Waals surface area contributed by atoms with Gasteiger partial charge in [-0.2, -0.15) is 5.10 Å². The smallest absolute Gasteiger partial charge is 0.277 e. The summed E-state index contributed by atoms with van der Waals surface area (Å²) in [5.41, 5.74) is 4.65. The molecular formula is C21H26N4O4. The Labute approximate surface area is 170 Å². The van der Waals surface area contributed by atoms with Crippen LogP contribution in [0.3, 0.4) is 0 Å². The van der Waals surface area contributed by atoms with Gasteiger partial charge < -0.3 is 9.64 Å². The third kappa shape index (κ3) is 6.60. The molecule has 2 rings (SSSR count). The highest BCUT2D eigenvalue weighted by Crippen LogP contribution is 2.24. The zero-order chi connectivity index (χ0) is 21.2. The van der Waals surface area contributed by atoms with E-state index >= 15 is 0 Å². The van der Waals surface area contributed by atoms with E-state index in [0.717, 1.165) is 30.6 Å². The van der Waals surface area contributed by atoms with Gasteiger partial charge in [0.05, 0.1) is 11.1 Å². The van der Waals surface area contributed by atoms with Crippen molar-refractivity contribution in [1.82, 2.24) is 5.43 Å². The molecule has 0 aromatic heterocycles. The van der Waals surface area contributed by atoms with Gasteiger partial charge in [-0.05, 0) is 31.0 Å². The Balaban J connectivity index is 2.05. The van der Waals surface area contributed by atoms with Crippen LogP contribution >= 0.6 is 0 Å². The number of anilines is 1. The molecule has 29 heavy (non-hydrogen) atoms. The second-order valence-corrected chi connectivity index (χ2v) is 6.62. The van der Waals surface area contributed by atoms with E-state index in [1.807, 2.05) is 37.1 Å². The number of nitrogens with one attached hydrogen (secondary N) is 1. The zero-order valence-electron chi connectivity index (χ0n) is 16.9. The van der Waals surface area contributed by atoms with Gasteiger partial charge in [-0.25, -0.2) is 5.43 Å². The largest absolute Gasteiger partial charge is 0.483 e. The molecule has 0 heterocycles. The quantitative estimate of drug-likeness (QED) is 0.374. The van der Waals surface area contributed by atoms with Gasteiger partial charge in [0.25, 0.3) is 11.6 Å². The number of rotatable bonds is 10. The van der Waals surface area contributed by atoms with Gasteiger partial charge in [-0.15, -0.1) is 0 Å². The number of hydrogen-bond acceptors (Lipinski definition) is 6. The van der Waals surface area contributed by atoms with E-state index in [-0.39, 0.29) is 12.3 Å². The number of non-ortho nitro benzene ring substituents is 1. The number of ether oxygens (including phenoxy) is 1. The number of aryl methyl sites for hydroxylation is 1. The van der Waals surface area contributed by atoms with Crippen molar-refractivity contribution in [2.75, 3.05) is 25.1 Å². The third-order valence-electron chi connectivity index (χ3n) is 4.33. The van der Waals surface area contributed by atoms with E-state index in [0.29, 0.717) is 11.3 Å². The summed E-state index contributed by atoms with van der Waals surface area (Å²) in [6.07, 6.45) is 3.45. The van der Waals surface area contributed by atoms with Gasteiger partial charge in [0.2, 0.25) is 0 Å². The Kier molecular flexibility index (Phi) is 8.14. The van der Waals surface area contributed by atoms with Crippen molar-refractivity contribution in [3.63, 3.8) is 0 Å². The fourth-order valence-electron chi connectivity index (χ4n) is 2.69. The monoisotopic (exact) mass is 398 g/mol. The summed E-state index contributed by atoms with van der Waals surface area (Å²) in [5, 5.41) is 15.0. The lowest BCUT2D eigenvalue weighted by Gasteiger charge is -2.20. The molecule has 2 aromatic carbocycles. The average molecular weight is 398 g/mol. The first kappa shape index (κ1) is 21.9. The third-order valence-corrected chi connectivity index (χ3v) is 4.33. The molecule has 8 heteroatoms. The summed E-state index contributed by atoms with van der Waals surface area (Å²) in [7, 11) is 1.92. The molecule has 0 aliphatic carbocycles. The fraction of sp³-hybridized carbons (Fsp3) is 0.333. The number of para-hydroxylation sites is 1. The van der Waals surface area contributed by atoms with E-state index in [9.17, 15) is 14.9 Å². The number of hydrogen-bond donors (Lipinski definition) is 1. The van der Waals surface area contributed by atoms with Crippen LogP contribution in [0.25, 0.3) is 0 Å². The first-order chi connectivity index (χ1) is 13.9. The number of unbranched alkanes of at least 4 members (excludes halogenated alkanes) is 1. The van der Waals surface area contributed by atoms with Crippen LogP contribution in [0, 0.1) is 17.0 Å². The molecule has 0 atom stereocenters. The predicted molar refractivity (Wildman–Crippen MR) is 114 cm³/mol. The van der Waals surface area contributed by atoms with E-state index < -0.39 is 10.8 Å². The summed E-state index contributed by atoms with van der Waals surface area (Å²) >= 11 is 0. The van der Waals surface area contributed by atoms with E-state index in [2.05, 4.69) is 17.5 Å². The minimum atomic E-state index is -0.457. The van der Waals surface area contributed by atoms with Gasteiger partial charge in [-0.3, -0.25) is 14.9 Å². The maximum Gasteiger partial charge on any atom is 0.277 e. The number of benzene rings is 2. The number of nitrogens with zero attached hydrogens (tertiary/aromatic N) is 3. The Morgan fingerprint density at radius 3 is 2.76 bits per heavy atom. The van der Waals surface area contributed by atoms with Crippen molar-refractivity contribution < 1.29 is 14.5 Å². The SMILES string of the molecule is CCCCN(C)c1ccc([N+](=O)[O-])cc1/C=N\NC(=O)COc1ccccc1C. The Bertz CT molecular complexity index is 883. The van der Waals surface area contributed by atoms with Gasteiger partial charge in [0.15, 0.2) is 6.61 Å². The molecule has 0 fully saturated rings. The van der Waals surface area contributed by atoms with Gasteiger partial charge >= 0.3 is 0 Å². The molecular weight excluding hydrogens is 372 g/mol. The number of carbonyl (C=O) groups excluding carboxylic acids is 1. The summed E-state index contributed by atoms with van der Waals surface area (Å²) in [6.45, 7) is 4.62. The Morgan fingerprint density at radius 2 is 2.07 bits per heavy atom. The van der Waals surface area contributed by atoms with Gasteiger partial charge in [0.1, 0.15) is 5.75 Å². The van der Waals surface area contributed by atoms with E-state index in [1.54, 1.807) is 12.1 Å². The van der Waals surface area contributed by atoms with Crippen molar-refractivity contribution in [3.05, 3.63) is 63.7 Å². The molecule has 0 unspecified atom stereocenters. The second kappa shape index (κ2) is 10.8. The topological polar surface area (TPSA) is 97.1 Å². The highest BCUT2D eigenvalue weighted by molar-refractivity contribution is 5.90. The van der Waals surface area contributed by atoms with Crippen LogP contribution in [0.15, 0.2) is 47.6 Å². The number of hydrazone groups is 1. The number of nitro benzene ring substituents is 1. The predicted octanol–water partition coefficient (Wildman–Crippen LogP) is 3.67. The maximum atomic E-state index is 12.0. The molecule has 2 aromatic rings. The summed E-state index contributed by atoms with van der Waals surface area (Å²) in [6, 6.07) is 12.0. The van der Waals surface area contributed by atoms with Crippen molar-refractivity contribution in [3.8, 4) is 5.75 Å². The minimum Gasteiger partial charge on any atom is -0.483 e. The van der Waals surface area contributed by atoms with Crippen LogP contribution in [0.5, 0.6) is 5.75 Å². The standard InChI is InChI=1S/C21H26N4O4/c1-4-5-12-24(3)19-11-10-18(25(27)28)13-17(19)14-22-23-21(26)15-29-20-9-7-6-8-16(20)2/h6-11,13-14H,4-5,12,15H2,1-3H3,(H,23,26)/b22-14-. The normalized spacial score (nSPS) is 10.7. The lowest BCUT2D eigenvalue weighted by atomic mass is 10.1. The van der Waals surface area contributed by atoms with Gasteiger partial charge in [0, 0.05) is 37.0 Å². The van der Waals surface area contributed by atoms with E-state index in [1.165, 1.54) is 18.3 Å². The van der Waals surface area contributed by atoms with E-state index in [4.69, 9.17) is 4.74 Å². The molecule has 0 saturated heterocycles. The first-order valence-electron chi connectivity index (χ1n) is 9.42. The lowest BCUT2D eigenvalue weighted by molar-refractivity contribution is -0.384. The fourth-order valence-corrected chi connectivity index (χ4v) is 2.69. The van der Waals surface area contributed by atoms with Crippen LogP contribution < -0.4 is 15.1 Å². The molecule has 1 N–H and O–H groups in total. The molecule has 0 bridgehead atoms. The van der Waals surface area contributed by atoms with Gasteiger partial charge in [-0.1, -0.05) is 31.5 Å². The number of nitro groups is 1. The second-order valence-electron chi connectivity index (χ2n) is 6.62. The van der Waals surface area contributed by atoms with Crippen molar-refractivity contribution in [1.29, 1.82) is 0 Å². The summed E-state index contributed by atoms with van der Waals surface area (Å²) in [4.78, 5) is 24.6. The zero-order valence-corrected chi connectivity index (χ0v) is 16.9. The number of amides is 1. The van der Waals surface area contributed by atoms with Crippen LogP contribution in [0.2, 0.25) is 0 Å². The highest BCUT2D eigenvalue weighted by Gasteiger charge is 2.12. The molecule has 0 spiro atoms. The first-order valence-corrected chi connectivity index (χ1v) is 9.42. The molecule has 0 saturated carbocycles. The van der Waals surface area contributed by atoms with Crippen LogP contribution in [-0.2, 0) is 4.79 Å². The van der Waals surface area contributed by atoms with Crippen molar-refractivity contribution in [2.45, 2.75) is 26.7 Å². The molecule has 0 aliphatic rings. The maximum absolute atomic E-state index is 12.0.